The molecule has 0 spiro atoms. The minimum atomic E-state index is -0.420. The third kappa shape index (κ3) is 5.21. The fourth-order valence-corrected chi connectivity index (χ4v) is 3.88. The molecule has 4 aromatic rings. The van der Waals surface area contributed by atoms with Crippen molar-refractivity contribution in [2.24, 2.45) is 0 Å². The van der Waals surface area contributed by atoms with Gasteiger partial charge in [-0.2, -0.15) is 0 Å². The van der Waals surface area contributed by atoms with Crippen LogP contribution in [0.1, 0.15) is 42.1 Å². The molecule has 0 aliphatic carbocycles. The predicted molar refractivity (Wildman–Crippen MR) is 140 cm³/mol. The Morgan fingerprint density at radius 1 is 1.15 bits per heavy atom. The average molecular weight is 494 g/mol. The molecule has 2 N–H and O–H groups in total. The Bertz CT molecular complexity index is 1350. The summed E-state index contributed by atoms with van der Waals surface area (Å²) in [4.78, 5) is 17.2. The second kappa shape index (κ2) is 10.2. The number of anilines is 1. The number of hydrogen-bond acceptors (Lipinski definition) is 5. The fraction of sp³-hybridized carbons (Fsp3) is 0.192. The van der Waals surface area contributed by atoms with Crippen molar-refractivity contribution in [1.82, 2.24) is 10.3 Å². The Hall–Kier alpha value is -3.42. The van der Waals surface area contributed by atoms with E-state index in [9.17, 15) is 4.79 Å². The van der Waals surface area contributed by atoms with Gasteiger partial charge in [0.05, 0.1) is 12.7 Å². The standard InChI is InChI=1S/C26H24ClN3O3S/c1-4-15(2)17-7-11-23-21(13-17)29-25(33-23)16-5-9-19(10-6-16)28-26(34)30-24(31)20-14-18(27)8-12-22(20)32-3/h5-15H,4H2,1-3H3,(H2,28,30,31,34)/t15-/m1/s1. The van der Waals surface area contributed by atoms with Crippen molar-refractivity contribution in [2.45, 2.75) is 26.2 Å². The van der Waals surface area contributed by atoms with Crippen molar-refractivity contribution < 1.29 is 13.9 Å². The number of halogens is 1. The van der Waals surface area contributed by atoms with Crippen molar-refractivity contribution in [1.29, 1.82) is 0 Å². The highest BCUT2D eigenvalue weighted by Gasteiger charge is 2.15. The third-order valence-electron chi connectivity index (χ3n) is 5.62. The van der Waals surface area contributed by atoms with Crippen LogP contribution in [0.25, 0.3) is 22.6 Å². The number of benzene rings is 3. The number of oxazole rings is 1. The molecule has 0 unspecified atom stereocenters. The third-order valence-corrected chi connectivity index (χ3v) is 6.06. The molecule has 0 bridgehead atoms. The summed E-state index contributed by atoms with van der Waals surface area (Å²) in [7, 11) is 1.49. The van der Waals surface area contributed by atoms with Gasteiger partial charge in [-0.1, -0.05) is 31.5 Å². The largest absolute Gasteiger partial charge is 0.496 e. The van der Waals surface area contributed by atoms with Crippen molar-refractivity contribution >= 4 is 51.6 Å². The van der Waals surface area contributed by atoms with E-state index in [0.29, 0.717) is 33.8 Å². The van der Waals surface area contributed by atoms with Crippen LogP contribution < -0.4 is 15.4 Å². The monoisotopic (exact) mass is 493 g/mol. The number of aromatic nitrogens is 1. The molecule has 0 aliphatic rings. The summed E-state index contributed by atoms with van der Waals surface area (Å²) < 4.78 is 11.2. The number of hydrogen-bond donors (Lipinski definition) is 2. The molecule has 0 radical (unpaired) electrons. The quantitative estimate of drug-likeness (QED) is 0.288. The van der Waals surface area contributed by atoms with Gasteiger partial charge >= 0.3 is 0 Å². The SMILES string of the molecule is CC[C@@H](C)c1ccc2oc(-c3ccc(NC(=S)NC(=O)c4cc(Cl)ccc4OC)cc3)nc2c1. The van der Waals surface area contributed by atoms with E-state index in [1.165, 1.54) is 18.7 Å². The summed E-state index contributed by atoms with van der Waals surface area (Å²) in [6.07, 6.45) is 1.07. The smallest absolute Gasteiger partial charge is 0.261 e. The van der Waals surface area contributed by atoms with E-state index in [-0.39, 0.29) is 5.11 Å². The highest BCUT2D eigenvalue weighted by Crippen LogP contribution is 2.28. The Morgan fingerprint density at radius 3 is 2.62 bits per heavy atom. The van der Waals surface area contributed by atoms with Gasteiger partial charge in [0.25, 0.3) is 5.91 Å². The topological polar surface area (TPSA) is 76.4 Å². The van der Waals surface area contributed by atoms with Crippen LogP contribution in [0.3, 0.4) is 0 Å². The summed E-state index contributed by atoms with van der Waals surface area (Å²) in [6.45, 7) is 4.37. The van der Waals surface area contributed by atoms with E-state index >= 15 is 0 Å². The normalized spacial score (nSPS) is 11.8. The molecule has 4 rings (SSSR count). The molecule has 0 saturated carbocycles. The minimum absolute atomic E-state index is 0.152. The minimum Gasteiger partial charge on any atom is -0.496 e. The highest BCUT2D eigenvalue weighted by molar-refractivity contribution is 7.80. The molecule has 6 nitrogen and oxygen atoms in total. The maximum Gasteiger partial charge on any atom is 0.261 e. The van der Waals surface area contributed by atoms with E-state index in [2.05, 4.69) is 41.6 Å². The second-order valence-electron chi connectivity index (χ2n) is 7.89. The highest BCUT2D eigenvalue weighted by atomic mass is 35.5. The van der Waals surface area contributed by atoms with Crippen LogP contribution in [-0.4, -0.2) is 23.1 Å². The number of ether oxygens (including phenoxy) is 1. The molecular weight excluding hydrogens is 470 g/mol. The molecule has 1 atom stereocenters. The molecule has 0 fully saturated rings. The van der Waals surface area contributed by atoms with Crippen molar-refractivity contribution in [3.63, 3.8) is 0 Å². The number of nitrogens with zero attached hydrogens (tertiary/aromatic N) is 1. The number of amides is 1. The van der Waals surface area contributed by atoms with E-state index in [1.54, 1.807) is 12.1 Å². The molecule has 1 amide bonds. The van der Waals surface area contributed by atoms with Gasteiger partial charge in [0, 0.05) is 16.3 Å². The van der Waals surface area contributed by atoms with Crippen LogP contribution in [0, 0.1) is 0 Å². The first-order valence-electron chi connectivity index (χ1n) is 10.8. The molecule has 34 heavy (non-hydrogen) atoms. The Morgan fingerprint density at radius 2 is 1.91 bits per heavy atom. The summed E-state index contributed by atoms with van der Waals surface area (Å²) in [5, 5.41) is 6.22. The lowest BCUT2D eigenvalue weighted by Crippen LogP contribution is -2.34. The van der Waals surface area contributed by atoms with Gasteiger partial charge in [-0.15, -0.1) is 0 Å². The maximum atomic E-state index is 12.6. The lowest BCUT2D eigenvalue weighted by molar-refractivity contribution is 0.0975. The first-order valence-corrected chi connectivity index (χ1v) is 11.6. The fourth-order valence-electron chi connectivity index (χ4n) is 3.50. The van der Waals surface area contributed by atoms with Gasteiger partial charge in [0.15, 0.2) is 10.7 Å². The molecule has 0 aliphatic heterocycles. The van der Waals surface area contributed by atoms with Crippen LogP contribution in [-0.2, 0) is 0 Å². The first-order chi connectivity index (χ1) is 16.4. The second-order valence-corrected chi connectivity index (χ2v) is 8.73. The zero-order valence-electron chi connectivity index (χ0n) is 19.0. The van der Waals surface area contributed by atoms with Gasteiger partial charge in [0.1, 0.15) is 11.3 Å². The van der Waals surface area contributed by atoms with Gasteiger partial charge < -0.3 is 14.5 Å². The van der Waals surface area contributed by atoms with Gasteiger partial charge in [-0.3, -0.25) is 10.1 Å². The number of carbonyl (C=O) groups excluding carboxylic acids is 1. The number of nitrogens with one attached hydrogen (secondary N) is 2. The van der Waals surface area contributed by atoms with Crippen LogP contribution in [0.4, 0.5) is 5.69 Å². The Kier molecular flexibility index (Phi) is 7.14. The van der Waals surface area contributed by atoms with Crippen LogP contribution in [0.2, 0.25) is 5.02 Å². The summed E-state index contributed by atoms with van der Waals surface area (Å²) in [6, 6.07) is 18.4. The number of methoxy groups -OCH3 is 1. The predicted octanol–water partition coefficient (Wildman–Crippen LogP) is 6.80. The van der Waals surface area contributed by atoms with Crippen molar-refractivity contribution in [3.8, 4) is 17.2 Å². The van der Waals surface area contributed by atoms with E-state index in [1.807, 2.05) is 30.3 Å². The number of thiocarbonyl (C=S) groups is 1. The summed E-state index contributed by atoms with van der Waals surface area (Å²) >= 11 is 11.3. The van der Waals surface area contributed by atoms with Crippen LogP contribution >= 0.6 is 23.8 Å². The van der Waals surface area contributed by atoms with E-state index in [0.717, 1.165) is 23.1 Å². The van der Waals surface area contributed by atoms with Crippen LogP contribution in [0.5, 0.6) is 5.75 Å². The molecule has 1 heterocycles. The van der Waals surface area contributed by atoms with Crippen LogP contribution in [0.15, 0.2) is 65.1 Å². The van der Waals surface area contributed by atoms with Gasteiger partial charge in [0.2, 0.25) is 5.89 Å². The average Bonchev–Trinajstić information content (AvgIpc) is 3.27. The van der Waals surface area contributed by atoms with Gasteiger partial charge in [-0.05, 0) is 84.7 Å². The Labute approximate surface area is 208 Å². The zero-order valence-corrected chi connectivity index (χ0v) is 20.6. The molecule has 0 saturated heterocycles. The van der Waals surface area contributed by atoms with Crippen molar-refractivity contribution in [2.75, 3.05) is 12.4 Å². The first kappa shape index (κ1) is 23.7. The summed E-state index contributed by atoms with van der Waals surface area (Å²) in [5.74, 6) is 1.01. The number of fused-ring (bicyclic) bond motifs is 1. The van der Waals surface area contributed by atoms with Crippen molar-refractivity contribution in [3.05, 3.63) is 76.8 Å². The van der Waals surface area contributed by atoms with Gasteiger partial charge in [-0.25, -0.2) is 4.98 Å². The molecule has 174 valence electrons. The van der Waals surface area contributed by atoms with E-state index < -0.39 is 5.91 Å². The number of rotatable bonds is 6. The van der Waals surface area contributed by atoms with E-state index in [4.69, 9.17) is 33.0 Å². The maximum absolute atomic E-state index is 12.6. The number of carbonyl (C=O) groups is 1. The lowest BCUT2D eigenvalue weighted by Gasteiger charge is -2.12. The molecule has 3 aromatic carbocycles. The summed E-state index contributed by atoms with van der Waals surface area (Å²) in [5.41, 5.74) is 4.69. The Balaban J connectivity index is 1.44. The molecule has 1 aromatic heterocycles. The molecule has 8 heteroatoms. The zero-order chi connectivity index (χ0) is 24.2. The lowest BCUT2D eigenvalue weighted by atomic mass is 9.98. The molecular formula is C26H24ClN3O3S.